The van der Waals surface area contributed by atoms with E-state index in [9.17, 15) is 4.79 Å². The number of fused-ring (bicyclic) bond motifs is 1. The van der Waals surface area contributed by atoms with Crippen molar-refractivity contribution in [2.24, 2.45) is 0 Å². The van der Waals surface area contributed by atoms with Gasteiger partial charge in [-0.3, -0.25) is 0 Å². The number of amides is 2. The van der Waals surface area contributed by atoms with Crippen LogP contribution in [0.2, 0.25) is 0 Å². The Morgan fingerprint density at radius 2 is 1.69 bits per heavy atom. The molecule has 0 radical (unpaired) electrons. The van der Waals surface area contributed by atoms with Crippen molar-refractivity contribution in [2.75, 3.05) is 63.8 Å². The van der Waals surface area contributed by atoms with E-state index in [-0.39, 0.29) is 6.03 Å². The molecule has 29 heavy (non-hydrogen) atoms. The Morgan fingerprint density at radius 1 is 0.931 bits per heavy atom. The van der Waals surface area contributed by atoms with Crippen LogP contribution in [0.25, 0.3) is 0 Å². The fraction of sp³-hybridized carbons (Fsp3) is 0.381. The first-order chi connectivity index (χ1) is 14.2. The number of hydrogen-bond donors (Lipinski definition) is 1. The summed E-state index contributed by atoms with van der Waals surface area (Å²) >= 11 is 0. The van der Waals surface area contributed by atoms with Gasteiger partial charge in [0.05, 0.1) is 19.9 Å². The molecule has 0 spiro atoms. The number of rotatable bonds is 4. The standard InChI is InChI=1S/C21H25N3O5/c1-26-16-4-6-18(27-2)17(14-16)23-7-9-24(10-8-23)21(25)22-15-3-5-19-20(13-15)29-12-11-28-19/h3-6,13-14H,7-12H2,1-2H3,(H,22,25). The van der Waals surface area contributed by atoms with Crippen molar-refractivity contribution in [2.45, 2.75) is 0 Å². The zero-order chi connectivity index (χ0) is 20.2. The average Bonchev–Trinajstić information content (AvgIpc) is 2.78. The van der Waals surface area contributed by atoms with Crippen molar-refractivity contribution in [1.82, 2.24) is 4.90 Å². The van der Waals surface area contributed by atoms with Crippen LogP contribution < -0.4 is 29.2 Å². The summed E-state index contributed by atoms with van der Waals surface area (Å²) in [5.41, 5.74) is 1.66. The van der Waals surface area contributed by atoms with Gasteiger partial charge in [-0.05, 0) is 24.3 Å². The molecule has 0 aliphatic carbocycles. The molecule has 154 valence electrons. The number of carbonyl (C=O) groups is 1. The third kappa shape index (κ3) is 4.11. The van der Waals surface area contributed by atoms with E-state index in [4.69, 9.17) is 18.9 Å². The molecule has 1 saturated heterocycles. The highest BCUT2D eigenvalue weighted by Crippen LogP contribution is 2.34. The summed E-state index contributed by atoms with van der Waals surface area (Å²) in [4.78, 5) is 16.7. The van der Waals surface area contributed by atoms with E-state index in [1.165, 1.54) is 0 Å². The van der Waals surface area contributed by atoms with Gasteiger partial charge in [0, 0.05) is 44.0 Å². The second-order valence-electron chi connectivity index (χ2n) is 6.80. The van der Waals surface area contributed by atoms with E-state index in [1.54, 1.807) is 25.2 Å². The fourth-order valence-electron chi connectivity index (χ4n) is 3.52. The first-order valence-corrected chi connectivity index (χ1v) is 9.60. The van der Waals surface area contributed by atoms with Crippen molar-refractivity contribution < 1.29 is 23.7 Å². The molecule has 4 rings (SSSR count). The Balaban J connectivity index is 1.38. The lowest BCUT2D eigenvalue weighted by Gasteiger charge is -2.36. The minimum absolute atomic E-state index is 0.126. The third-order valence-electron chi connectivity index (χ3n) is 5.09. The number of piperazine rings is 1. The fourth-order valence-corrected chi connectivity index (χ4v) is 3.52. The molecule has 0 saturated carbocycles. The molecular weight excluding hydrogens is 374 g/mol. The van der Waals surface area contributed by atoms with Crippen LogP contribution in [0.1, 0.15) is 0 Å². The van der Waals surface area contributed by atoms with Crippen LogP contribution in [-0.2, 0) is 0 Å². The van der Waals surface area contributed by atoms with Gasteiger partial charge in [0.15, 0.2) is 11.5 Å². The molecule has 0 atom stereocenters. The molecular formula is C21H25N3O5. The highest BCUT2D eigenvalue weighted by molar-refractivity contribution is 5.90. The number of anilines is 2. The molecule has 0 bridgehead atoms. The lowest BCUT2D eigenvalue weighted by molar-refractivity contribution is 0.171. The van der Waals surface area contributed by atoms with Crippen LogP contribution in [0.3, 0.4) is 0 Å². The number of nitrogens with one attached hydrogen (secondary N) is 1. The Hall–Kier alpha value is -3.29. The molecule has 2 amide bonds. The minimum Gasteiger partial charge on any atom is -0.497 e. The summed E-state index contributed by atoms with van der Waals surface area (Å²) in [6, 6.07) is 11.0. The monoisotopic (exact) mass is 399 g/mol. The molecule has 2 aliphatic rings. The van der Waals surface area contributed by atoms with Crippen molar-refractivity contribution in [3.8, 4) is 23.0 Å². The number of carbonyl (C=O) groups excluding carboxylic acids is 1. The van der Waals surface area contributed by atoms with Gasteiger partial charge < -0.3 is 34.1 Å². The molecule has 2 aliphatic heterocycles. The molecule has 2 heterocycles. The highest BCUT2D eigenvalue weighted by Gasteiger charge is 2.24. The lowest BCUT2D eigenvalue weighted by Crippen LogP contribution is -2.50. The van der Waals surface area contributed by atoms with Crippen LogP contribution in [0.4, 0.5) is 16.2 Å². The van der Waals surface area contributed by atoms with Crippen LogP contribution in [0, 0.1) is 0 Å². The van der Waals surface area contributed by atoms with Crippen LogP contribution in [0.5, 0.6) is 23.0 Å². The average molecular weight is 399 g/mol. The SMILES string of the molecule is COc1ccc(OC)c(N2CCN(C(=O)Nc3ccc4c(c3)OCCO4)CC2)c1. The predicted octanol–water partition coefficient (Wildman–Crippen LogP) is 2.83. The van der Waals surface area contributed by atoms with Gasteiger partial charge in [0.25, 0.3) is 0 Å². The topological polar surface area (TPSA) is 72.5 Å². The maximum absolute atomic E-state index is 12.7. The number of ether oxygens (including phenoxy) is 4. The molecule has 8 heteroatoms. The van der Waals surface area contributed by atoms with E-state index < -0.39 is 0 Å². The van der Waals surface area contributed by atoms with Crippen molar-refractivity contribution in [3.63, 3.8) is 0 Å². The summed E-state index contributed by atoms with van der Waals surface area (Å²) < 4.78 is 21.9. The predicted molar refractivity (Wildman–Crippen MR) is 110 cm³/mol. The maximum atomic E-state index is 12.7. The first kappa shape index (κ1) is 19.0. The van der Waals surface area contributed by atoms with Gasteiger partial charge in [-0.1, -0.05) is 0 Å². The van der Waals surface area contributed by atoms with E-state index in [1.807, 2.05) is 30.3 Å². The smallest absolute Gasteiger partial charge is 0.321 e. The second kappa shape index (κ2) is 8.38. The quantitative estimate of drug-likeness (QED) is 0.853. The Morgan fingerprint density at radius 3 is 2.41 bits per heavy atom. The van der Waals surface area contributed by atoms with Crippen molar-refractivity contribution in [1.29, 1.82) is 0 Å². The zero-order valence-electron chi connectivity index (χ0n) is 16.6. The summed E-state index contributed by atoms with van der Waals surface area (Å²) in [5, 5.41) is 2.95. The third-order valence-corrected chi connectivity index (χ3v) is 5.09. The number of benzene rings is 2. The molecule has 0 unspecified atom stereocenters. The minimum atomic E-state index is -0.126. The highest BCUT2D eigenvalue weighted by atomic mass is 16.6. The van der Waals surface area contributed by atoms with Gasteiger partial charge in [-0.15, -0.1) is 0 Å². The van der Waals surface area contributed by atoms with Crippen LogP contribution in [-0.4, -0.2) is 64.5 Å². The lowest BCUT2D eigenvalue weighted by atomic mass is 10.2. The Labute approximate surface area is 169 Å². The van der Waals surface area contributed by atoms with Gasteiger partial charge >= 0.3 is 6.03 Å². The molecule has 2 aromatic carbocycles. The van der Waals surface area contributed by atoms with Crippen LogP contribution in [0.15, 0.2) is 36.4 Å². The molecule has 1 N–H and O–H groups in total. The number of hydrogen-bond acceptors (Lipinski definition) is 6. The molecule has 8 nitrogen and oxygen atoms in total. The van der Waals surface area contributed by atoms with Crippen LogP contribution >= 0.6 is 0 Å². The van der Waals surface area contributed by atoms with Crippen molar-refractivity contribution in [3.05, 3.63) is 36.4 Å². The number of methoxy groups -OCH3 is 2. The molecule has 1 fully saturated rings. The van der Waals surface area contributed by atoms with Crippen molar-refractivity contribution >= 4 is 17.4 Å². The van der Waals surface area contributed by atoms with E-state index in [0.717, 1.165) is 17.2 Å². The van der Waals surface area contributed by atoms with E-state index >= 15 is 0 Å². The summed E-state index contributed by atoms with van der Waals surface area (Å²) in [5.74, 6) is 2.93. The Kier molecular flexibility index (Phi) is 5.50. The summed E-state index contributed by atoms with van der Waals surface area (Å²) in [7, 11) is 3.30. The Bertz CT molecular complexity index is 881. The number of nitrogens with zero attached hydrogens (tertiary/aromatic N) is 2. The zero-order valence-corrected chi connectivity index (χ0v) is 16.6. The summed E-state index contributed by atoms with van der Waals surface area (Å²) in [6.07, 6.45) is 0. The maximum Gasteiger partial charge on any atom is 0.321 e. The summed E-state index contributed by atoms with van der Waals surface area (Å²) in [6.45, 7) is 3.69. The van der Waals surface area contributed by atoms with E-state index in [0.29, 0.717) is 56.6 Å². The molecule has 2 aromatic rings. The van der Waals surface area contributed by atoms with Gasteiger partial charge in [-0.25, -0.2) is 4.79 Å². The van der Waals surface area contributed by atoms with E-state index in [2.05, 4.69) is 10.2 Å². The van der Waals surface area contributed by atoms with Gasteiger partial charge in [-0.2, -0.15) is 0 Å². The molecule has 0 aromatic heterocycles. The normalized spacial score (nSPS) is 15.7. The van der Waals surface area contributed by atoms with Gasteiger partial charge in [0.2, 0.25) is 0 Å². The first-order valence-electron chi connectivity index (χ1n) is 9.60. The number of urea groups is 1. The second-order valence-corrected chi connectivity index (χ2v) is 6.80. The van der Waals surface area contributed by atoms with Gasteiger partial charge in [0.1, 0.15) is 24.7 Å². The largest absolute Gasteiger partial charge is 0.497 e.